The number of nitrogens with one attached hydrogen (secondary N) is 1. The first-order chi connectivity index (χ1) is 9.51. The van der Waals surface area contributed by atoms with E-state index in [0.29, 0.717) is 10.0 Å². The maximum absolute atomic E-state index is 6.37. The molecule has 0 amide bonds. The molecule has 2 aromatic rings. The summed E-state index contributed by atoms with van der Waals surface area (Å²) in [4.78, 5) is 0. The van der Waals surface area contributed by atoms with Crippen molar-refractivity contribution in [1.82, 2.24) is 5.32 Å². The van der Waals surface area contributed by atoms with Gasteiger partial charge in [0.15, 0.2) is 0 Å². The van der Waals surface area contributed by atoms with Gasteiger partial charge in [0, 0.05) is 10.0 Å². The topological polar surface area (TPSA) is 12.0 Å². The Labute approximate surface area is 130 Å². The van der Waals surface area contributed by atoms with E-state index in [0.717, 1.165) is 12.1 Å². The van der Waals surface area contributed by atoms with Gasteiger partial charge in [-0.05, 0) is 43.7 Å². The third-order valence-electron chi connectivity index (χ3n) is 3.26. The highest BCUT2D eigenvalue weighted by Crippen LogP contribution is 2.31. The molecule has 0 saturated heterocycles. The Morgan fingerprint density at radius 3 is 2.20 bits per heavy atom. The lowest BCUT2D eigenvalue weighted by molar-refractivity contribution is 0.630. The summed E-state index contributed by atoms with van der Waals surface area (Å²) in [6.45, 7) is 7.20. The van der Waals surface area contributed by atoms with E-state index in [9.17, 15) is 0 Å². The molecule has 0 bridgehead atoms. The monoisotopic (exact) mass is 307 g/mol. The first kappa shape index (κ1) is 15.4. The zero-order valence-electron chi connectivity index (χ0n) is 12.0. The van der Waals surface area contributed by atoms with Gasteiger partial charge in [0.1, 0.15) is 0 Å². The van der Waals surface area contributed by atoms with E-state index in [1.807, 2.05) is 12.1 Å². The Morgan fingerprint density at radius 1 is 1.00 bits per heavy atom. The minimum absolute atomic E-state index is 0.0865. The van der Waals surface area contributed by atoms with Crippen LogP contribution in [0.2, 0.25) is 10.0 Å². The van der Waals surface area contributed by atoms with Gasteiger partial charge in [-0.15, -0.1) is 0 Å². The summed E-state index contributed by atoms with van der Waals surface area (Å²) in [6.07, 6.45) is 0. The Balaban J connectivity index is 2.49. The third kappa shape index (κ3) is 3.54. The number of halogens is 2. The molecule has 1 atom stereocenters. The zero-order valence-corrected chi connectivity index (χ0v) is 13.5. The average Bonchev–Trinajstić information content (AvgIpc) is 2.35. The second kappa shape index (κ2) is 6.62. The first-order valence-electron chi connectivity index (χ1n) is 6.77. The summed E-state index contributed by atoms with van der Waals surface area (Å²) in [6, 6.07) is 12.3. The lowest BCUT2D eigenvalue weighted by Gasteiger charge is -2.21. The lowest BCUT2D eigenvalue weighted by Crippen LogP contribution is -2.22. The third-order valence-corrected chi connectivity index (χ3v) is 3.82. The number of hydrogen-bond acceptors (Lipinski definition) is 1. The van der Waals surface area contributed by atoms with Crippen molar-refractivity contribution in [1.29, 1.82) is 0 Å². The van der Waals surface area contributed by atoms with Crippen LogP contribution in [-0.2, 0) is 0 Å². The smallest absolute Gasteiger partial charge is 0.0591 e. The van der Waals surface area contributed by atoms with E-state index >= 15 is 0 Å². The van der Waals surface area contributed by atoms with Gasteiger partial charge in [0.05, 0.1) is 6.04 Å². The summed E-state index contributed by atoms with van der Waals surface area (Å²) >= 11 is 12.4. The minimum atomic E-state index is 0.0865. The Bertz CT molecular complexity index is 588. The quantitative estimate of drug-likeness (QED) is 0.807. The molecule has 1 nitrogen and oxygen atoms in total. The van der Waals surface area contributed by atoms with Gasteiger partial charge in [-0.1, -0.05) is 65.5 Å². The van der Waals surface area contributed by atoms with Crippen LogP contribution in [0.25, 0.3) is 0 Å². The molecule has 106 valence electrons. The molecule has 2 aromatic carbocycles. The van der Waals surface area contributed by atoms with E-state index in [4.69, 9.17) is 23.2 Å². The number of rotatable bonds is 4. The molecule has 0 radical (unpaired) electrons. The van der Waals surface area contributed by atoms with Gasteiger partial charge < -0.3 is 5.32 Å². The predicted octanol–water partition coefficient (Wildman–Crippen LogP) is 5.31. The van der Waals surface area contributed by atoms with Crippen LogP contribution < -0.4 is 5.32 Å². The first-order valence-corrected chi connectivity index (χ1v) is 7.53. The van der Waals surface area contributed by atoms with E-state index in [1.165, 1.54) is 16.7 Å². The Hall–Kier alpha value is -1.02. The Morgan fingerprint density at radius 2 is 1.65 bits per heavy atom. The summed E-state index contributed by atoms with van der Waals surface area (Å²) in [5.41, 5.74) is 4.80. The molecular weight excluding hydrogens is 289 g/mol. The second-order valence-corrected chi connectivity index (χ2v) is 5.92. The second-order valence-electron chi connectivity index (χ2n) is 5.08. The SMILES string of the molecule is CCNC(c1cc(C)cc(C)c1)c1ccc(Cl)cc1Cl. The standard InChI is InChI=1S/C17H19Cl2N/c1-4-20-17(13-8-11(2)7-12(3)9-13)15-6-5-14(18)10-16(15)19/h5-10,17,20H,4H2,1-3H3. The molecule has 0 saturated carbocycles. The molecule has 0 aliphatic heterocycles. The number of hydrogen-bond donors (Lipinski definition) is 1. The minimum Gasteiger partial charge on any atom is -0.306 e. The molecule has 0 aromatic heterocycles. The molecule has 1 N–H and O–H groups in total. The van der Waals surface area contributed by atoms with Gasteiger partial charge in [-0.2, -0.15) is 0 Å². The normalized spacial score (nSPS) is 12.4. The average molecular weight is 308 g/mol. The van der Waals surface area contributed by atoms with Crippen molar-refractivity contribution in [3.8, 4) is 0 Å². The summed E-state index contributed by atoms with van der Waals surface area (Å²) in [5, 5.41) is 4.86. The summed E-state index contributed by atoms with van der Waals surface area (Å²) in [7, 11) is 0. The number of aryl methyl sites for hydroxylation is 2. The lowest BCUT2D eigenvalue weighted by atomic mass is 9.95. The molecule has 0 fully saturated rings. The van der Waals surface area contributed by atoms with Crippen molar-refractivity contribution in [3.05, 3.63) is 68.7 Å². The van der Waals surface area contributed by atoms with Crippen molar-refractivity contribution >= 4 is 23.2 Å². The fraction of sp³-hybridized carbons (Fsp3) is 0.294. The maximum Gasteiger partial charge on any atom is 0.0591 e. The molecule has 0 aliphatic rings. The molecule has 1 unspecified atom stereocenters. The number of benzene rings is 2. The molecular formula is C17H19Cl2N. The predicted molar refractivity (Wildman–Crippen MR) is 87.9 cm³/mol. The van der Waals surface area contributed by atoms with Crippen molar-refractivity contribution in [2.24, 2.45) is 0 Å². The maximum atomic E-state index is 6.37. The highest BCUT2D eigenvalue weighted by atomic mass is 35.5. The van der Waals surface area contributed by atoms with Crippen molar-refractivity contribution in [3.63, 3.8) is 0 Å². The van der Waals surface area contributed by atoms with Gasteiger partial charge in [-0.25, -0.2) is 0 Å². The molecule has 0 aliphatic carbocycles. The zero-order chi connectivity index (χ0) is 14.7. The molecule has 0 spiro atoms. The van der Waals surface area contributed by atoms with Crippen LogP contribution in [0.15, 0.2) is 36.4 Å². The largest absolute Gasteiger partial charge is 0.306 e. The van der Waals surface area contributed by atoms with Crippen LogP contribution in [0.5, 0.6) is 0 Å². The van der Waals surface area contributed by atoms with Crippen molar-refractivity contribution in [2.45, 2.75) is 26.8 Å². The Kier molecular flexibility index (Phi) is 5.09. The van der Waals surface area contributed by atoms with Crippen LogP contribution >= 0.6 is 23.2 Å². The van der Waals surface area contributed by atoms with E-state index < -0.39 is 0 Å². The van der Waals surface area contributed by atoms with Crippen LogP contribution in [0, 0.1) is 13.8 Å². The highest BCUT2D eigenvalue weighted by molar-refractivity contribution is 6.35. The molecule has 3 heteroatoms. The highest BCUT2D eigenvalue weighted by Gasteiger charge is 2.16. The van der Waals surface area contributed by atoms with E-state index in [2.05, 4.69) is 44.3 Å². The van der Waals surface area contributed by atoms with Crippen molar-refractivity contribution < 1.29 is 0 Å². The summed E-state index contributed by atoms with van der Waals surface area (Å²) < 4.78 is 0. The molecule has 20 heavy (non-hydrogen) atoms. The fourth-order valence-electron chi connectivity index (χ4n) is 2.52. The van der Waals surface area contributed by atoms with Crippen molar-refractivity contribution in [2.75, 3.05) is 6.54 Å². The van der Waals surface area contributed by atoms with E-state index in [-0.39, 0.29) is 6.04 Å². The van der Waals surface area contributed by atoms with Gasteiger partial charge in [-0.3, -0.25) is 0 Å². The molecule has 0 heterocycles. The van der Waals surface area contributed by atoms with Gasteiger partial charge in [0.2, 0.25) is 0 Å². The van der Waals surface area contributed by atoms with E-state index in [1.54, 1.807) is 6.07 Å². The van der Waals surface area contributed by atoms with Crippen LogP contribution in [0.4, 0.5) is 0 Å². The van der Waals surface area contributed by atoms with Crippen LogP contribution in [-0.4, -0.2) is 6.54 Å². The fourth-order valence-corrected chi connectivity index (χ4v) is 3.04. The van der Waals surface area contributed by atoms with Crippen LogP contribution in [0.1, 0.15) is 35.2 Å². The molecule has 2 rings (SSSR count). The summed E-state index contributed by atoms with van der Waals surface area (Å²) in [5.74, 6) is 0. The van der Waals surface area contributed by atoms with Gasteiger partial charge >= 0.3 is 0 Å². The van der Waals surface area contributed by atoms with Crippen LogP contribution in [0.3, 0.4) is 0 Å². The van der Waals surface area contributed by atoms with Gasteiger partial charge in [0.25, 0.3) is 0 Å².